The average molecular weight is 347 g/mol. The Morgan fingerprint density at radius 3 is 2.46 bits per heavy atom. The number of aryl methyl sites for hydroxylation is 1. The minimum Gasteiger partial charge on any atom is -0.336 e. The van der Waals surface area contributed by atoms with Crippen LogP contribution in [-0.2, 0) is 6.54 Å². The Kier molecular flexibility index (Phi) is 5.21. The van der Waals surface area contributed by atoms with E-state index in [9.17, 15) is 4.79 Å². The standard InChI is InChI=1S/C18H23ClN4O/c1-3-21-9-11-22(12-10-21)18(24)16-14(2)20-23(17(16)19)13-15-7-5-4-6-8-15/h4-8H,3,9-13H2,1-2H3. The van der Waals surface area contributed by atoms with Gasteiger partial charge in [0.2, 0.25) is 0 Å². The lowest BCUT2D eigenvalue weighted by Gasteiger charge is -2.34. The molecule has 128 valence electrons. The van der Waals surface area contributed by atoms with Crippen molar-refractivity contribution in [3.63, 3.8) is 0 Å². The van der Waals surface area contributed by atoms with Gasteiger partial charge in [0.1, 0.15) is 5.15 Å². The highest BCUT2D eigenvalue weighted by Crippen LogP contribution is 2.23. The first-order valence-corrected chi connectivity index (χ1v) is 8.76. The Bertz CT molecular complexity index is 705. The first-order valence-electron chi connectivity index (χ1n) is 8.38. The summed E-state index contributed by atoms with van der Waals surface area (Å²) in [5, 5.41) is 4.91. The predicted molar refractivity (Wildman–Crippen MR) is 95.5 cm³/mol. The van der Waals surface area contributed by atoms with E-state index in [1.165, 1.54) is 0 Å². The smallest absolute Gasteiger partial charge is 0.258 e. The van der Waals surface area contributed by atoms with Crippen LogP contribution in [0.15, 0.2) is 30.3 Å². The number of piperazine rings is 1. The van der Waals surface area contributed by atoms with Crippen molar-refractivity contribution in [1.82, 2.24) is 19.6 Å². The summed E-state index contributed by atoms with van der Waals surface area (Å²) < 4.78 is 1.71. The van der Waals surface area contributed by atoms with Gasteiger partial charge in [-0.3, -0.25) is 4.79 Å². The van der Waals surface area contributed by atoms with Crippen LogP contribution in [0.3, 0.4) is 0 Å². The lowest BCUT2D eigenvalue weighted by molar-refractivity contribution is 0.0643. The topological polar surface area (TPSA) is 41.4 Å². The third-order valence-electron chi connectivity index (χ3n) is 4.56. The number of likely N-dealkylation sites (N-methyl/N-ethyl adjacent to an activating group) is 1. The maximum Gasteiger partial charge on any atom is 0.258 e. The third-order valence-corrected chi connectivity index (χ3v) is 4.95. The lowest BCUT2D eigenvalue weighted by atomic mass is 10.2. The number of hydrogen-bond donors (Lipinski definition) is 0. The molecule has 0 bridgehead atoms. The van der Waals surface area contributed by atoms with Crippen LogP contribution in [0.2, 0.25) is 5.15 Å². The highest BCUT2D eigenvalue weighted by atomic mass is 35.5. The van der Waals surface area contributed by atoms with Crippen molar-refractivity contribution < 1.29 is 4.79 Å². The first-order chi connectivity index (χ1) is 11.6. The quantitative estimate of drug-likeness (QED) is 0.854. The number of nitrogens with zero attached hydrogens (tertiary/aromatic N) is 4. The number of carbonyl (C=O) groups excluding carboxylic acids is 1. The van der Waals surface area contributed by atoms with Gasteiger partial charge in [0.15, 0.2) is 0 Å². The number of rotatable bonds is 4. The number of hydrogen-bond acceptors (Lipinski definition) is 3. The molecule has 0 atom stereocenters. The molecule has 1 amide bonds. The second-order valence-electron chi connectivity index (χ2n) is 6.12. The zero-order chi connectivity index (χ0) is 17.1. The number of halogens is 1. The molecular weight excluding hydrogens is 324 g/mol. The first kappa shape index (κ1) is 17.0. The molecule has 5 nitrogen and oxygen atoms in total. The summed E-state index contributed by atoms with van der Waals surface area (Å²) in [6, 6.07) is 10.00. The fourth-order valence-electron chi connectivity index (χ4n) is 3.08. The van der Waals surface area contributed by atoms with Crippen LogP contribution in [0.1, 0.15) is 28.5 Å². The van der Waals surface area contributed by atoms with Crippen LogP contribution >= 0.6 is 11.6 Å². The molecule has 1 aliphatic heterocycles. The molecule has 3 rings (SSSR count). The number of aromatic nitrogens is 2. The number of benzene rings is 1. The van der Waals surface area contributed by atoms with Gasteiger partial charge in [-0.1, -0.05) is 48.9 Å². The van der Waals surface area contributed by atoms with Crippen molar-refractivity contribution >= 4 is 17.5 Å². The molecule has 0 unspecified atom stereocenters. The average Bonchev–Trinajstić information content (AvgIpc) is 2.89. The van der Waals surface area contributed by atoms with E-state index >= 15 is 0 Å². The molecule has 24 heavy (non-hydrogen) atoms. The fourth-order valence-corrected chi connectivity index (χ4v) is 3.40. The zero-order valence-corrected chi connectivity index (χ0v) is 15.0. The van der Waals surface area contributed by atoms with Crippen molar-refractivity contribution in [3.05, 3.63) is 52.3 Å². The van der Waals surface area contributed by atoms with Gasteiger partial charge in [0.05, 0.1) is 17.8 Å². The molecule has 6 heteroatoms. The molecule has 2 aromatic rings. The van der Waals surface area contributed by atoms with Gasteiger partial charge in [0.25, 0.3) is 5.91 Å². The van der Waals surface area contributed by atoms with Crippen LogP contribution in [-0.4, -0.2) is 58.2 Å². The summed E-state index contributed by atoms with van der Waals surface area (Å²) in [4.78, 5) is 17.1. The zero-order valence-electron chi connectivity index (χ0n) is 14.2. The van der Waals surface area contributed by atoms with E-state index in [2.05, 4.69) is 16.9 Å². The maximum atomic E-state index is 12.9. The minimum absolute atomic E-state index is 0.00688. The van der Waals surface area contributed by atoms with Gasteiger partial charge < -0.3 is 9.80 Å². The summed E-state index contributed by atoms with van der Waals surface area (Å²) in [6.07, 6.45) is 0. The van der Waals surface area contributed by atoms with Crippen LogP contribution in [0, 0.1) is 6.92 Å². The van der Waals surface area contributed by atoms with Crippen molar-refractivity contribution in [3.8, 4) is 0 Å². The van der Waals surface area contributed by atoms with Gasteiger partial charge in [-0.05, 0) is 19.0 Å². The van der Waals surface area contributed by atoms with E-state index in [1.807, 2.05) is 42.2 Å². The van der Waals surface area contributed by atoms with Crippen molar-refractivity contribution in [2.24, 2.45) is 0 Å². The third kappa shape index (κ3) is 3.47. The second kappa shape index (κ2) is 7.36. The second-order valence-corrected chi connectivity index (χ2v) is 6.48. The largest absolute Gasteiger partial charge is 0.336 e. The van der Waals surface area contributed by atoms with Gasteiger partial charge in [-0.25, -0.2) is 4.68 Å². The molecule has 0 saturated carbocycles. The molecule has 1 fully saturated rings. The van der Waals surface area contributed by atoms with Gasteiger partial charge in [0, 0.05) is 26.2 Å². The Morgan fingerprint density at radius 1 is 1.17 bits per heavy atom. The van der Waals surface area contributed by atoms with Crippen molar-refractivity contribution in [2.45, 2.75) is 20.4 Å². The Balaban J connectivity index is 1.77. The predicted octanol–water partition coefficient (Wildman–Crippen LogP) is 2.67. The van der Waals surface area contributed by atoms with Gasteiger partial charge in [-0.15, -0.1) is 0 Å². The van der Waals surface area contributed by atoms with Gasteiger partial charge in [-0.2, -0.15) is 5.10 Å². The van der Waals surface area contributed by atoms with Crippen LogP contribution in [0.4, 0.5) is 0 Å². The van der Waals surface area contributed by atoms with Crippen LogP contribution in [0.5, 0.6) is 0 Å². The van der Waals surface area contributed by atoms with E-state index < -0.39 is 0 Å². The Hall–Kier alpha value is -1.85. The Labute approximate surface area is 147 Å². The van der Waals surface area contributed by atoms with E-state index in [4.69, 9.17) is 11.6 Å². The molecule has 0 radical (unpaired) electrons. The van der Waals surface area contributed by atoms with Crippen LogP contribution < -0.4 is 0 Å². The highest BCUT2D eigenvalue weighted by molar-refractivity contribution is 6.33. The molecule has 0 aliphatic carbocycles. The highest BCUT2D eigenvalue weighted by Gasteiger charge is 2.27. The SMILES string of the molecule is CCN1CCN(C(=O)c2c(C)nn(Cc3ccccc3)c2Cl)CC1. The molecule has 0 spiro atoms. The maximum absolute atomic E-state index is 12.9. The monoisotopic (exact) mass is 346 g/mol. The normalized spacial score (nSPS) is 15.7. The fraction of sp³-hybridized carbons (Fsp3) is 0.444. The summed E-state index contributed by atoms with van der Waals surface area (Å²) in [6.45, 7) is 8.90. The summed E-state index contributed by atoms with van der Waals surface area (Å²) in [5.74, 6) is -0.00688. The molecule has 1 aromatic heterocycles. The van der Waals surface area contributed by atoms with E-state index in [0.29, 0.717) is 23.0 Å². The summed E-state index contributed by atoms with van der Waals surface area (Å²) in [7, 11) is 0. The number of carbonyl (C=O) groups is 1. The van der Waals surface area contributed by atoms with E-state index in [1.54, 1.807) is 4.68 Å². The Morgan fingerprint density at radius 2 is 1.83 bits per heavy atom. The van der Waals surface area contributed by atoms with Crippen molar-refractivity contribution in [2.75, 3.05) is 32.7 Å². The molecule has 0 N–H and O–H groups in total. The van der Waals surface area contributed by atoms with E-state index in [0.717, 1.165) is 38.3 Å². The number of amides is 1. The van der Waals surface area contributed by atoms with Gasteiger partial charge >= 0.3 is 0 Å². The molecule has 1 aromatic carbocycles. The summed E-state index contributed by atoms with van der Waals surface area (Å²) >= 11 is 6.49. The lowest BCUT2D eigenvalue weighted by Crippen LogP contribution is -2.48. The molecular formula is C18H23ClN4O. The molecule has 2 heterocycles. The van der Waals surface area contributed by atoms with Crippen molar-refractivity contribution in [1.29, 1.82) is 0 Å². The molecule has 1 aliphatic rings. The molecule has 1 saturated heterocycles. The van der Waals surface area contributed by atoms with Crippen LogP contribution in [0.25, 0.3) is 0 Å². The summed E-state index contributed by atoms with van der Waals surface area (Å²) in [5.41, 5.74) is 2.34. The van der Waals surface area contributed by atoms with E-state index in [-0.39, 0.29) is 5.91 Å². The minimum atomic E-state index is -0.00688.